The molecule has 0 saturated carbocycles. The molecule has 3 rings (SSSR count). The lowest BCUT2D eigenvalue weighted by atomic mass is 10.2. The van der Waals surface area contributed by atoms with Crippen molar-refractivity contribution in [3.8, 4) is 5.75 Å². The zero-order valence-corrected chi connectivity index (χ0v) is 16.0. The zero-order valence-electron chi connectivity index (χ0n) is 16.0. The van der Waals surface area contributed by atoms with E-state index in [1.807, 2.05) is 13.8 Å². The molecule has 0 radical (unpaired) electrons. The summed E-state index contributed by atoms with van der Waals surface area (Å²) in [5, 5.41) is 5.31. The Morgan fingerprint density at radius 3 is 2.34 bits per heavy atom. The molecule has 3 aromatic rings. The second-order valence-electron chi connectivity index (χ2n) is 6.54. The van der Waals surface area contributed by atoms with Crippen LogP contribution in [0.1, 0.15) is 34.7 Å². The molecule has 7 heteroatoms. The van der Waals surface area contributed by atoms with Gasteiger partial charge in [0.05, 0.1) is 6.10 Å². The van der Waals surface area contributed by atoms with E-state index in [4.69, 9.17) is 4.74 Å². The third-order valence-corrected chi connectivity index (χ3v) is 3.82. The largest absolute Gasteiger partial charge is 0.491 e. The quantitative estimate of drug-likeness (QED) is 0.646. The fourth-order valence-corrected chi connectivity index (χ4v) is 2.55. The summed E-state index contributed by atoms with van der Waals surface area (Å²) in [7, 11) is 0. The molecule has 0 unspecified atom stereocenters. The number of carbonyl (C=O) groups excluding carboxylic acids is 2. The van der Waals surface area contributed by atoms with Crippen LogP contribution in [-0.2, 0) is 0 Å². The molecule has 0 spiro atoms. The number of halogens is 1. The smallest absolute Gasteiger partial charge is 0.274 e. The molecule has 0 aliphatic carbocycles. The van der Waals surface area contributed by atoms with E-state index in [9.17, 15) is 14.0 Å². The van der Waals surface area contributed by atoms with Crippen LogP contribution in [0.5, 0.6) is 5.75 Å². The first-order chi connectivity index (χ1) is 13.9. The Kier molecular flexibility index (Phi) is 6.19. The summed E-state index contributed by atoms with van der Waals surface area (Å²) < 4.78 is 18.8. The molecule has 2 amide bonds. The number of rotatable bonds is 6. The minimum absolute atomic E-state index is 0.0441. The Bertz CT molecular complexity index is 1020. The standard InChI is InChI=1S/C22H20FN3O3/c1-14(2)29-19-8-6-17(7-9-19)25-21(27)15-10-11-24-20(12-15)22(28)26-18-5-3-4-16(23)13-18/h3-14H,1-2H3,(H,25,27)(H,26,28). The van der Waals surface area contributed by atoms with E-state index in [1.165, 1.54) is 36.5 Å². The first-order valence-corrected chi connectivity index (χ1v) is 9.02. The Morgan fingerprint density at radius 2 is 1.66 bits per heavy atom. The van der Waals surface area contributed by atoms with Crippen molar-refractivity contribution in [2.24, 2.45) is 0 Å². The fourth-order valence-electron chi connectivity index (χ4n) is 2.55. The predicted octanol–water partition coefficient (Wildman–Crippen LogP) is 4.51. The Morgan fingerprint density at radius 1 is 0.931 bits per heavy atom. The maximum Gasteiger partial charge on any atom is 0.274 e. The summed E-state index contributed by atoms with van der Waals surface area (Å²) in [5.74, 6) is -0.683. The highest BCUT2D eigenvalue weighted by atomic mass is 19.1. The maximum atomic E-state index is 13.3. The summed E-state index contributed by atoms with van der Waals surface area (Å²) in [6, 6.07) is 15.4. The number of benzene rings is 2. The van der Waals surface area contributed by atoms with Crippen LogP contribution in [0.25, 0.3) is 0 Å². The van der Waals surface area contributed by atoms with Crippen molar-refractivity contribution < 1.29 is 18.7 Å². The zero-order chi connectivity index (χ0) is 20.8. The van der Waals surface area contributed by atoms with Gasteiger partial charge in [0.15, 0.2) is 0 Å². The van der Waals surface area contributed by atoms with Crippen molar-refractivity contribution in [2.75, 3.05) is 10.6 Å². The van der Waals surface area contributed by atoms with E-state index in [2.05, 4.69) is 15.6 Å². The van der Waals surface area contributed by atoms with Crippen molar-refractivity contribution >= 4 is 23.2 Å². The van der Waals surface area contributed by atoms with Crippen molar-refractivity contribution in [1.29, 1.82) is 0 Å². The average Bonchev–Trinajstić information content (AvgIpc) is 2.69. The van der Waals surface area contributed by atoms with Gasteiger partial charge in [-0.3, -0.25) is 14.6 Å². The number of anilines is 2. The molecule has 1 aromatic heterocycles. The summed E-state index contributed by atoms with van der Waals surface area (Å²) in [5.41, 5.74) is 1.21. The third-order valence-electron chi connectivity index (χ3n) is 3.82. The highest BCUT2D eigenvalue weighted by Gasteiger charge is 2.13. The summed E-state index contributed by atoms with van der Waals surface area (Å²) in [6.07, 6.45) is 1.43. The number of nitrogens with zero attached hydrogens (tertiary/aromatic N) is 1. The Balaban J connectivity index is 1.68. The number of amides is 2. The minimum Gasteiger partial charge on any atom is -0.491 e. The third kappa shape index (κ3) is 5.62. The van der Waals surface area contributed by atoms with E-state index < -0.39 is 11.7 Å². The molecule has 0 aliphatic heterocycles. The monoisotopic (exact) mass is 393 g/mol. The van der Waals surface area contributed by atoms with Crippen molar-refractivity contribution in [3.05, 3.63) is 83.9 Å². The Hall–Kier alpha value is -3.74. The van der Waals surface area contributed by atoms with E-state index in [1.54, 1.807) is 30.3 Å². The Labute approximate surface area is 167 Å². The van der Waals surface area contributed by atoms with Crippen molar-refractivity contribution in [3.63, 3.8) is 0 Å². The maximum absolute atomic E-state index is 13.3. The highest BCUT2D eigenvalue weighted by molar-refractivity contribution is 6.07. The van der Waals surface area contributed by atoms with Gasteiger partial charge in [0, 0.05) is 23.1 Å². The van der Waals surface area contributed by atoms with Crippen molar-refractivity contribution in [2.45, 2.75) is 20.0 Å². The van der Waals surface area contributed by atoms with Gasteiger partial charge in [0.25, 0.3) is 11.8 Å². The minimum atomic E-state index is -0.541. The van der Waals surface area contributed by atoms with Crippen LogP contribution >= 0.6 is 0 Å². The van der Waals surface area contributed by atoms with Gasteiger partial charge in [0.1, 0.15) is 17.3 Å². The molecular weight excluding hydrogens is 373 g/mol. The molecule has 2 aromatic carbocycles. The fraction of sp³-hybridized carbons (Fsp3) is 0.136. The first-order valence-electron chi connectivity index (χ1n) is 9.02. The molecule has 0 atom stereocenters. The predicted molar refractivity (Wildman–Crippen MR) is 109 cm³/mol. The van der Waals surface area contributed by atoms with Crippen LogP contribution < -0.4 is 15.4 Å². The van der Waals surface area contributed by atoms with E-state index in [0.717, 1.165) is 0 Å². The number of nitrogens with one attached hydrogen (secondary N) is 2. The molecule has 0 bridgehead atoms. The molecule has 0 aliphatic rings. The summed E-state index contributed by atoms with van der Waals surface area (Å²) >= 11 is 0. The molecular formula is C22H20FN3O3. The van der Waals surface area contributed by atoms with Gasteiger partial charge >= 0.3 is 0 Å². The van der Waals surface area contributed by atoms with Crippen LogP contribution in [0, 0.1) is 5.82 Å². The van der Waals surface area contributed by atoms with Crippen LogP contribution in [0.3, 0.4) is 0 Å². The number of aromatic nitrogens is 1. The molecule has 2 N–H and O–H groups in total. The molecule has 6 nitrogen and oxygen atoms in total. The number of ether oxygens (including phenoxy) is 1. The van der Waals surface area contributed by atoms with Gasteiger partial charge in [-0.25, -0.2) is 4.39 Å². The van der Waals surface area contributed by atoms with Gasteiger partial charge in [-0.15, -0.1) is 0 Å². The average molecular weight is 393 g/mol. The van der Waals surface area contributed by atoms with Crippen LogP contribution in [0.15, 0.2) is 66.9 Å². The van der Waals surface area contributed by atoms with E-state index >= 15 is 0 Å². The molecule has 1 heterocycles. The van der Waals surface area contributed by atoms with E-state index in [-0.39, 0.29) is 23.3 Å². The number of hydrogen-bond acceptors (Lipinski definition) is 4. The van der Waals surface area contributed by atoms with Gasteiger partial charge in [-0.05, 0) is 68.4 Å². The summed E-state index contributed by atoms with van der Waals surface area (Å²) in [6.45, 7) is 3.86. The van der Waals surface area contributed by atoms with Gasteiger partial charge < -0.3 is 15.4 Å². The number of pyridine rings is 1. The van der Waals surface area contributed by atoms with Gasteiger partial charge in [-0.1, -0.05) is 6.07 Å². The van der Waals surface area contributed by atoms with Crippen LogP contribution in [0.2, 0.25) is 0 Å². The second-order valence-corrected chi connectivity index (χ2v) is 6.54. The number of hydrogen-bond donors (Lipinski definition) is 2. The molecule has 29 heavy (non-hydrogen) atoms. The molecule has 0 fully saturated rings. The second kappa shape index (κ2) is 8.97. The number of carbonyl (C=O) groups is 2. The lowest BCUT2D eigenvalue weighted by Gasteiger charge is -2.11. The molecule has 148 valence electrons. The van der Waals surface area contributed by atoms with Crippen molar-refractivity contribution in [1.82, 2.24) is 4.98 Å². The summed E-state index contributed by atoms with van der Waals surface area (Å²) in [4.78, 5) is 28.8. The highest BCUT2D eigenvalue weighted by Crippen LogP contribution is 2.18. The lowest BCUT2D eigenvalue weighted by molar-refractivity contribution is 0.102. The van der Waals surface area contributed by atoms with Gasteiger partial charge in [0.2, 0.25) is 0 Å². The topological polar surface area (TPSA) is 80.3 Å². The normalized spacial score (nSPS) is 10.5. The SMILES string of the molecule is CC(C)Oc1ccc(NC(=O)c2ccnc(C(=O)Nc3cccc(F)c3)c2)cc1. The van der Waals surface area contributed by atoms with E-state index in [0.29, 0.717) is 17.1 Å². The van der Waals surface area contributed by atoms with Crippen LogP contribution in [-0.4, -0.2) is 22.9 Å². The lowest BCUT2D eigenvalue weighted by Crippen LogP contribution is -2.17. The van der Waals surface area contributed by atoms with Gasteiger partial charge in [-0.2, -0.15) is 0 Å². The van der Waals surface area contributed by atoms with Crippen LogP contribution in [0.4, 0.5) is 15.8 Å². The molecule has 0 saturated heterocycles. The first kappa shape index (κ1) is 20.0.